The molecule has 12 heavy (non-hydrogen) atoms. The minimum absolute atomic E-state index is 0.305. The zero-order valence-electron chi connectivity index (χ0n) is 5.61. The van der Waals surface area contributed by atoms with Crippen molar-refractivity contribution in [3.05, 3.63) is 21.0 Å². The summed E-state index contributed by atoms with van der Waals surface area (Å²) in [6.45, 7) is 0. The molecule has 0 aliphatic rings. The molecule has 0 amide bonds. The predicted molar refractivity (Wildman–Crippen MR) is 51.6 cm³/mol. The van der Waals surface area contributed by atoms with Crippen molar-refractivity contribution in [1.82, 2.24) is 15.2 Å². The summed E-state index contributed by atoms with van der Waals surface area (Å²) in [5.41, 5.74) is 0.618. The van der Waals surface area contributed by atoms with Crippen LogP contribution in [0.3, 0.4) is 0 Å². The average molecular weight is 267 g/mol. The number of nitrogens with zero attached hydrogens (tertiary/aromatic N) is 2. The van der Waals surface area contributed by atoms with Crippen molar-refractivity contribution in [2.24, 2.45) is 0 Å². The van der Waals surface area contributed by atoms with Crippen LogP contribution in [0.5, 0.6) is 0 Å². The predicted octanol–water partition coefficient (Wildman–Crippen LogP) is 3.03. The molecule has 0 saturated carbocycles. The van der Waals surface area contributed by atoms with Gasteiger partial charge in [-0.15, -0.1) is 0 Å². The third kappa shape index (κ3) is 1.20. The van der Waals surface area contributed by atoms with Crippen LogP contribution in [0, 0.1) is 0 Å². The third-order valence-electron chi connectivity index (χ3n) is 1.42. The molecule has 0 aliphatic carbocycles. The molecule has 0 radical (unpaired) electrons. The molecule has 62 valence electrons. The number of fused-ring (bicyclic) bond motifs is 1. The number of aromatic nitrogens is 3. The lowest BCUT2D eigenvalue weighted by Gasteiger charge is -1.92. The summed E-state index contributed by atoms with van der Waals surface area (Å²) < 4.78 is 0.753. The van der Waals surface area contributed by atoms with Gasteiger partial charge in [-0.3, -0.25) is 5.10 Å². The molecule has 0 aromatic carbocycles. The Hall–Kier alpha value is -0.320. The molecule has 0 unspecified atom stereocenters. The highest BCUT2D eigenvalue weighted by atomic mass is 79.9. The van der Waals surface area contributed by atoms with Gasteiger partial charge < -0.3 is 0 Å². The molecular weight excluding hydrogens is 265 g/mol. The maximum Gasteiger partial charge on any atom is 0.158 e. The Morgan fingerprint density at radius 2 is 2.17 bits per heavy atom. The van der Waals surface area contributed by atoms with Crippen LogP contribution in [0.25, 0.3) is 10.9 Å². The lowest BCUT2D eigenvalue weighted by Crippen LogP contribution is -1.78. The van der Waals surface area contributed by atoms with E-state index in [2.05, 4.69) is 31.1 Å². The van der Waals surface area contributed by atoms with Crippen LogP contribution in [0.4, 0.5) is 0 Å². The van der Waals surface area contributed by atoms with Crippen molar-refractivity contribution < 1.29 is 0 Å². The summed E-state index contributed by atoms with van der Waals surface area (Å²) in [6, 6.07) is 1.69. The fourth-order valence-corrected chi connectivity index (χ4v) is 1.78. The Morgan fingerprint density at radius 3 is 2.92 bits per heavy atom. The van der Waals surface area contributed by atoms with Gasteiger partial charge in [0.05, 0.1) is 0 Å². The minimum Gasteiger partial charge on any atom is -0.270 e. The summed E-state index contributed by atoms with van der Waals surface area (Å²) in [4.78, 5) is 3.84. The van der Waals surface area contributed by atoms with E-state index in [0.717, 1.165) is 9.99 Å². The molecule has 0 bridgehead atoms. The van der Waals surface area contributed by atoms with Gasteiger partial charge in [0.2, 0.25) is 0 Å². The summed E-state index contributed by atoms with van der Waals surface area (Å²) in [7, 11) is 0. The fourth-order valence-electron chi connectivity index (χ4n) is 0.916. The lowest BCUT2D eigenvalue weighted by molar-refractivity contribution is 1.09. The van der Waals surface area contributed by atoms with E-state index < -0.39 is 0 Å². The normalized spacial score (nSPS) is 10.9. The highest BCUT2D eigenvalue weighted by Crippen LogP contribution is 2.27. The van der Waals surface area contributed by atoms with E-state index in [1.165, 1.54) is 0 Å². The number of H-pyrrole nitrogens is 1. The van der Waals surface area contributed by atoms with Gasteiger partial charge in [0.25, 0.3) is 0 Å². The average Bonchev–Trinajstić information content (AvgIpc) is 2.33. The van der Waals surface area contributed by atoms with Gasteiger partial charge in [0.1, 0.15) is 15.3 Å². The van der Waals surface area contributed by atoms with Gasteiger partial charge in [-0.25, -0.2) is 4.98 Å². The van der Waals surface area contributed by atoms with Gasteiger partial charge in [-0.05, 0) is 22.0 Å². The molecule has 2 heterocycles. The number of hydrogen-bond donors (Lipinski definition) is 1. The number of aromatic amines is 1. The largest absolute Gasteiger partial charge is 0.270 e. The van der Waals surface area contributed by atoms with E-state index in [0.29, 0.717) is 15.8 Å². The Morgan fingerprint density at radius 1 is 1.42 bits per heavy atom. The van der Waals surface area contributed by atoms with Crippen LogP contribution < -0.4 is 0 Å². The van der Waals surface area contributed by atoms with Gasteiger partial charge >= 0.3 is 0 Å². The molecule has 0 saturated heterocycles. The van der Waals surface area contributed by atoms with Gasteiger partial charge in [0, 0.05) is 5.39 Å². The van der Waals surface area contributed by atoms with Crippen LogP contribution in [-0.4, -0.2) is 15.2 Å². The van der Waals surface area contributed by atoms with Crippen LogP contribution in [-0.2, 0) is 0 Å². The van der Waals surface area contributed by atoms with Crippen molar-refractivity contribution in [1.29, 1.82) is 0 Å². The fraction of sp³-hybridized carbons (Fsp3) is 0. The maximum absolute atomic E-state index is 5.78. The molecule has 0 spiro atoms. The Kier molecular flexibility index (Phi) is 1.98. The summed E-state index contributed by atoms with van der Waals surface area (Å²) in [5, 5.41) is 8.16. The monoisotopic (exact) mass is 265 g/mol. The summed E-state index contributed by atoms with van der Waals surface area (Å²) in [5.74, 6) is 0. The first kappa shape index (κ1) is 8.29. The number of pyridine rings is 1. The maximum atomic E-state index is 5.78. The highest BCUT2D eigenvalue weighted by molar-refractivity contribution is 9.10. The van der Waals surface area contributed by atoms with Crippen molar-refractivity contribution in [2.75, 3.05) is 0 Å². The van der Waals surface area contributed by atoms with E-state index >= 15 is 0 Å². The minimum atomic E-state index is 0.305. The quantitative estimate of drug-likeness (QED) is 0.745. The van der Waals surface area contributed by atoms with E-state index in [-0.39, 0.29) is 0 Å². The number of nitrogens with one attached hydrogen (secondary N) is 1. The molecule has 3 nitrogen and oxygen atoms in total. The molecule has 6 heteroatoms. The second-order valence-corrected chi connectivity index (χ2v) is 3.71. The highest BCUT2D eigenvalue weighted by Gasteiger charge is 2.08. The number of hydrogen-bond acceptors (Lipinski definition) is 2. The Bertz CT molecular complexity index is 440. The van der Waals surface area contributed by atoms with E-state index in [1.54, 1.807) is 6.07 Å². The Balaban J connectivity index is 2.92. The second kappa shape index (κ2) is 2.87. The number of halogens is 3. The molecular formula is C6H2BrCl2N3. The molecule has 2 rings (SSSR count). The zero-order chi connectivity index (χ0) is 8.72. The van der Waals surface area contributed by atoms with Crippen LogP contribution in [0.2, 0.25) is 10.3 Å². The molecule has 0 atom stereocenters. The smallest absolute Gasteiger partial charge is 0.158 e. The van der Waals surface area contributed by atoms with Crippen molar-refractivity contribution in [3.8, 4) is 0 Å². The van der Waals surface area contributed by atoms with E-state index in [9.17, 15) is 0 Å². The van der Waals surface area contributed by atoms with Crippen LogP contribution in [0.15, 0.2) is 10.7 Å². The lowest BCUT2D eigenvalue weighted by atomic mass is 10.3. The first-order valence-electron chi connectivity index (χ1n) is 3.04. The molecule has 2 aromatic rings. The first-order chi connectivity index (χ1) is 5.68. The van der Waals surface area contributed by atoms with Crippen LogP contribution >= 0.6 is 39.1 Å². The number of rotatable bonds is 0. The summed E-state index contributed by atoms with van der Waals surface area (Å²) >= 11 is 14.7. The van der Waals surface area contributed by atoms with Crippen molar-refractivity contribution in [2.45, 2.75) is 0 Å². The third-order valence-corrected chi connectivity index (χ3v) is 2.48. The van der Waals surface area contributed by atoms with Gasteiger partial charge in [-0.1, -0.05) is 23.2 Å². The second-order valence-electron chi connectivity index (χ2n) is 2.17. The standard InChI is InChI=1S/C6H2BrCl2N3/c7-5-2-1-3(8)10-6(9)4(2)11-12-5/h1H,(H,11,12). The molecule has 0 fully saturated rings. The topological polar surface area (TPSA) is 41.6 Å². The van der Waals surface area contributed by atoms with Crippen LogP contribution in [0.1, 0.15) is 0 Å². The SMILES string of the molecule is Clc1cc2c(Br)[nH]nc2c(Cl)n1. The van der Waals surface area contributed by atoms with E-state index in [1.807, 2.05) is 0 Å². The first-order valence-corrected chi connectivity index (χ1v) is 4.59. The summed E-state index contributed by atoms with van der Waals surface area (Å²) in [6.07, 6.45) is 0. The zero-order valence-corrected chi connectivity index (χ0v) is 8.70. The molecule has 0 aliphatic heterocycles. The Labute approximate surface area is 86.2 Å². The van der Waals surface area contributed by atoms with Crippen molar-refractivity contribution in [3.63, 3.8) is 0 Å². The molecule has 1 N–H and O–H groups in total. The van der Waals surface area contributed by atoms with Crippen molar-refractivity contribution >= 4 is 50.0 Å². The van der Waals surface area contributed by atoms with Gasteiger partial charge in [0.15, 0.2) is 5.15 Å². The van der Waals surface area contributed by atoms with E-state index in [4.69, 9.17) is 23.2 Å². The molecule has 2 aromatic heterocycles. The van der Waals surface area contributed by atoms with Gasteiger partial charge in [-0.2, -0.15) is 5.10 Å².